The van der Waals surface area contributed by atoms with Crippen LogP contribution in [0.1, 0.15) is 38.8 Å². The normalized spacial score (nSPS) is 17.7. The van der Waals surface area contributed by atoms with E-state index in [1.165, 1.54) is 0 Å². The third-order valence-electron chi connectivity index (χ3n) is 7.82. The van der Waals surface area contributed by atoms with Crippen molar-refractivity contribution in [1.29, 1.82) is 0 Å². The van der Waals surface area contributed by atoms with Crippen molar-refractivity contribution in [2.75, 3.05) is 0 Å². The van der Waals surface area contributed by atoms with Crippen molar-refractivity contribution in [3.8, 4) is 0 Å². The number of hydrogen-bond acceptors (Lipinski definition) is 7. The van der Waals surface area contributed by atoms with E-state index >= 15 is 0 Å². The minimum Gasteiger partial charge on any atom is -0.346 e. The molecule has 4 aliphatic rings. The first kappa shape index (κ1) is 22.0. The Kier molecular flexibility index (Phi) is 4.35. The maximum Gasteiger partial charge on any atom is 0.190 e. The van der Waals surface area contributed by atoms with Crippen molar-refractivity contribution >= 4 is 57.6 Å². The number of allylic oxidation sites excluding steroid dienone is 2. The number of aromatic amines is 2. The van der Waals surface area contributed by atoms with Crippen LogP contribution in [0.25, 0.3) is 16.8 Å². The van der Waals surface area contributed by atoms with Gasteiger partial charge in [0, 0.05) is 38.2 Å². The lowest BCUT2D eigenvalue weighted by Crippen LogP contribution is -2.36. The van der Waals surface area contributed by atoms with Crippen LogP contribution in [0.15, 0.2) is 105 Å². The Balaban J connectivity index is 1.38. The Morgan fingerprint density at radius 1 is 0.634 bits per heavy atom. The molecule has 9 heteroatoms. The van der Waals surface area contributed by atoms with E-state index in [-0.39, 0.29) is 11.9 Å². The largest absolute Gasteiger partial charge is 0.346 e. The molecule has 5 heterocycles. The summed E-state index contributed by atoms with van der Waals surface area (Å²) >= 11 is 0. The van der Waals surface area contributed by atoms with Gasteiger partial charge in [0.2, 0.25) is 0 Å². The highest BCUT2D eigenvalue weighted by molar-refractivity contribution is 6.23. The molecule has 41 heavy (non-hydrogen) atoms. The van der Waals surface area contributed by atoms with Crippen molar-refractivity contribution in [3.63, 3.8) is 0 Å². The van der Waals surface area contributed by atoms with Gasteiger partial charge in [-0.25, -0.2) is 20.0 Å². The molecule has 8 bridgehead atoms. The summed E-state index contributed by atoms with van der Waals surface area (Å²) in [6.07, 6.45) is 4.91. The molecule has 1 aliphatic carbocycles. The second-order valence-corrected chi connectivity index (χ2v) is 10.2. The molecule has 0 amide bonds. The van der Waals surface area contributed by atoms with Gasteiger partial charge in [0.1, 0.15) is 40.8 Å². The lowest BCUT2D eigenvalue weighted by atomic mass is 10.1. The smallest absolute Gasteiger partial charge is 0.190 e. The molecule has 0 saturated heterocycles. The Morgan fingerprint density at radius 2 is 1.32 bits per heavy atom. The van der Waals surface area contributed by atoms with E-state index in [0.29, 0.717) is 45.4 Å². The summed E-state index contributed by atoms with van der Waals surface area (Å²) in [7, 11) is 0. The van der Waals surface area contributed by atoms with Gasteiger partial charge in [-0.3, -0.25) is 4.79 Å². The SMILES string of the molecule is O=C1C=CC=c2c1c1[nH]c2=Nc2[nH]c(c3ccccc23)N=C2NC(NC3=NC(=N1)c1ccccc13)c1ccccc12. The van der Waals surface area contributed by atoms with Crippen molar-refractivity contribution in [1.82, 2.24) is 20.6 Å². The van der Waals surface area contributed by atoms with Crippen LogP contribution in [-0.2, 0) is 0 Å². The molecule has 0 radical (unpaired) electrons. The second-order valence-electron chi connectivity index (χ2n) is 10.2. The Bertz CT molecular complexity index is 2240. The molecule has 194 valence electrons. The van der Waals surface area contributed by atoms with Crippen LogP contribution >= 0.6 is 0 Å². The minimum absolute atomic E-state index is 0.132. The standard InChI is InChI=1S/C32H20N8O/c41-23-15-7-14-22-24(23)32-39-30-21-13-6-5-12-20(21)28(37-30)35-26-17-9-2-1-8-16(17)25(33-26)34-27-18-10-3-4-11-19(18)29(36-27)38-31(22)40-32/h1-15,26,36H,(H,33,34)(H,38,40)(H,35,37,39). The van der Waals surface area contributed by atoms with E-state index < -0.39 is 0 Å². The van der Waals surface area contributed by atoms with Gasteiger partial charge >= 0.3 is 0 Å². The predicted octanol–water partition coefficient (Wildman–Crippen LogP) is 4.10. The van der Waals surface area contributed by atoms with Crippen LogP contribution in [0.4, 0.5) is 17.5 Å². The lowest BCUT2D eigenvalue weighted by Gasteiger charge is -2.16. The zero-order chi connectivity index (χ0) is 27.1. The first-order valence-corrected chi connectivity index (χ1v) is 13.3. The summed E-state index contributed by atoms with van der Waals surface area (Å²) in [5.74, 6) is 3.57. The molecule has 1 atom stereocenters. The van der Waals surface area contributed by atoms with Gasteiger partial charge in [0.15, 0.2) is 11.6 Å². The highest BCUT2D eigenvalue weighted by atomic mass is 16.1. The molecule has 0 fully saturated rings. The Labute approximate surface area is 232 Å². The van der Waals surface area contributed by atoms with E-state index in [1.54, 1.807) is 12.2 Å². The molecular weight excluding hydrogens is 512 g/mol. The Morgan fingerprint density at radius 3 is 2.15 bits per heavy atom. The molecule has 9 rings (SSSR count). The quantitative estimate of drug-likeness (QED) is 0.240. The molecule has 9 nitrogen and oxygen atoms in total. The van der Waals surface area contributed by atoms with Gasteiger partial charge < -0.3 is 20.6 Å². The average Bonchev–Trinajstić information content (AvgIpc) is 3.73. The van der Waals surface area contributed by atoms with Gasteiger partial charge in [-0.2, -0.15) is 0 Å². The molecule has 4 N–H and O–H groups in total. The number of hydrogen-bond donors (Lipinski definition) is 4. The van der Waals surface area contributed by atoms with E-state index in [4.69, 9.17) is 20.0 Å². The van der Waals surface area contributed by atoms with Gasteiger partial charge in [0.05, 0.1) is 5.56 Å². The number of rotatable bonds is 0. The molecule has 0 spiro atoms. The predicted molar refractivity (Wildman–Crippen MR) is 158 cm³/mol. The maximum absolute atomic E-state index is 13.1. The number of nitrogens with one attached hydrogen (secondary N) is 4. The van der Waals surface area contributed by atoms with Crippen LogP contribution in [0.3, 0.4) is 0 Å². The third kappa shape index (κ3) is 3.20. The minimum atomic E-state index is -0.263. The van der Waals surface area contributed by atoms with Crippen molar-refractivity contribution in [2.24, 2.45) is 20.0 Å². The number of ketones is 1. The number of benzene rings is 3. The van der Waals surface area contributed by atoms with Gasteiger partial charge in [-0.05, 0) is 6.08 Å². The monoisotopic (exact) mass is 532 g/mol. The summed E-state index contributed by atoms with van der Waals surface area (Å²) in [5, 5.41) is 9.72. The van der Waals surface area contributed by atoms with E-state index in [2.05, 4.69) is 32.7 Å². The van der Waals surface area contributed by atoms with Crippen LogP contribution in [-0.4, -0.2) is 33.3 Å². The zero-order valence-corrected chi connectivity index (χ0v) is 21.4. The van der Waals surface area contributed by atoms with Gasteiger partial charge in [-0.15, -0.1) is 0 Å². The molecule has 3 aromatic carbocycles. The summed E-state index contributed by atoms with van der Waals surface area (Å²) in [5.41, 5.74) is 4.90. The number of nitrogens with zero attached hydrogens (tertiary/aromatic N) is 4. The molecule has 2 aromatic heterocycles. The molecule has 5 aromatic rings. The van der Waals surface area contributed by atoms with Gasteiger partial charge in [0.25, 0.3) is 0 Å². The number of fused-ring (bicyclic) bond motifs is 19. The average molecular weight is 533 g/mol. The molecule has 3 aliphatic heterocycles. The van der Waals surface area contributed by atoms with Crippen LogP contribution < -0.4 is 21.3 Å². The number of carbonyl (C=O) groups is 1. The number of aromatic nitrogens is 2. The highest BCUT2D eigenvalue weighted by Crippen LogP contribution is 2.35. The topological polar surface area (TPSA) is 122 Å². The fourth-order valence-electron chi connectivity index (χ4n) is 5.94. The number of aliphatic imine (C=N–C) groups is 3. The summed E-state index contributed by atoms with van der Waals surface area (Å²) in [6.45, 7) is 0. The number of carbonyl (C=O) groups excluding carboxylic acids is 1. The molecule has 0 saturated carbocycles. The fraction of sp³-hybridized carbons (Fsp3) is 0.0312. The molecular formula is C32H20N8O. The summed E-state index contributed by atoms with van der Waals surface area (Å²) in [6, 6.07) is 24.1. The number of amidine groups is 3. The highest BCUT2D eigenvalue weighted by Gasteiger charge is 2.31. The van der Waals surface area contributed by atoms with Crippen molar-refractivity contribution in [2.45, 2.75) is 6.17 Å². The van der Waals surface area contributed by atoms with Crippen LogP contribution in [0, 0.1) is 0 Å². The number of H-pyrrole nitrogens is 2. The van der Waals surface area contributed by atoms with Crippen LogP contribution in [0.5, 0.6) is 0 Å². The summed E-state index contributed by atoms with van der Waals surface area (Å²) < 4.78 is 0. The van der Waals surface area contributed by atoms with Crippen molar-refractivity contribution in [3.05, 3.63) is 123 Å². The summed E-state index contributed by atoms with van der Waals surface area (Å²) in [4.78, 5) is 39.8. The van der Waals surface area contributed by atoms with E-state index in [1.807, 2.05) is 66.7 Å². The maximum atomic E-state index is 13.1. The zero-order valence-electron chi connectivity index (χ0n) is 21.4. The first-order chi connectivity index (χ1) is 20.2. The fourth-order valence-corrected chi connectivity index (χ4v) is 5.94. The van der Waals surface area contributed by atoms with Crippen molar-refractivity contribution < 1.29 is 4.79 Å². The van der Waals surface area contributed by atoms with Gasteiger partial charge in [-0.1, -0.05) is 84.9 Å². The first-order valence-electron chi connectivity index (χ1n) is 13.3. The third-order valence-corrected chi connectivity index (χ3v) is 7.82. The second kappa shape index (κ2) is 8.09. The van der Waals surface area contributed by atoms with E-state index in [9.17, 15) is 4.79 Å². The van der Waals surface area contributed by atoms with Crippen LogP contribution in [0.2, 0.25) is 0 Å². The Hall–Kier alpha value is -5.83. The lowest BCUT2D eigenvalue weighted by molar-refractivity contribution is 0.104. The van der Waals surface area contributed by atoms with E-state index in [0.717, 1.165) is 38.9 Å². The molecule has 1 unspecified atom stereocenters.